The van der Waals surface area contributed by atoms with Gasteiger partial charge in [-0.15, -0.1) is 0 Å². The zero-order valence-corrected chi connectivity index (χ0v) is 14.2. The summed E-state index contributed by atoms with van der Waals surface area (Å²) in [5.74, 6) is -0.237. The van der Waals surface area contributed by atoms with E-state index in [2.05, 4.69) is 5.32 Å². The Bertz CT molecular complexity index is 756. The molecule has 0 bridgehead atoms. The van der Waals surface area contributed by atoms with Crippen molar-refractivity contribution in [2.75, 3.05) is 13.1 Å². The van der Waals surface area contributed by atoms with E-state index in [0.717, 1.165) is 11.1 Å². The number of aryl methyl sites for hydroxylation is 1. The SMILES string of the molecule is Cc1ccc(C(=O)NCC2CC(=O)N(Cc3ccc(F)cc3)C2)cc1. The van der Waals surface area contributed by atoms with E-state index >= 15 is 0 Å². The number of carbonyl (C=O) groups is 2. The number of rotatable bonds is 5. The Morgan fingerprint density at radius 2 is 1.84 bits per heavy atom. The van der Waals surface area contributed by atoms with Gasteiger partial charge < -0.3 is 10.2 Å². The van der Waals surface area contributed by atoms with Gasteiger partial charge in [0, 0.05) is 37.5 Å². The average Bonchev–Trinajstić information content (AvgIpc) is 2.95. The van der Waals surface area contributed by atoms with Crippen LogP contribution < -0.4 is 5.32 Å². The van der Waals surface area contributed by atoms with Gasteiger partial charge >= 0.3 is 0 Å². The van der Waals surface area contributed by atoms with Crippen LogP contribution in [0, 0.1) is 18.7 Å². The molecule has 1 atom stereocenters. The lowest BCUT2D eigenvalue weighted by Gasteiger charge is -2.17. The standard InChI is InChI=1S/C20H21FN2O2/c1-14-2-6-17(7-3-14)20(25)22-11-16-10-19(24)23(13-16)12-15-4-8-18(21)9-5-15/h2-9,16H,10-13H2,1H3,(H,22,25). The van der Waals surface area contributed by atoms with Crippen molar-refractivity contribution in [1.29, 1.82) is 0 Å². The summed E-state index contributed by atoms with van der Waals surface area (Å²) in [5, 5.41) is 2.91. The third-order valence-corrected chi connectivity index (χ3v) is 4.45. The second-order valence-electron chi connectivity index (χ2n) is 6.55. The van der Waals surface area contributed by atoms with Crippen LogP contribution in [-0.2, 0) is 11.3 Å². The van der Waals surface area contributed by atoms with E-state index in [0.29, 0.717) is 31.6 Å². The van der Waals surface area contributed by atoms with Crippen molar-refractivity contribution >= 4 is 11.8 Å². The molecule has 5 heteroatoms. The molecule has 0 aromatic heterocycles. The fourth-order valence-electron chi connectivity index (χ4n) is 3.00. The highest BCUT2D eigenvalue weighted by atomic mass is 19.1. The first-order valence-corrected chi connectivity index (χ1v) is 8.38. The number of hydrogen-bond donors (Lipinski definition) is 1. The van der Waals surface area contributed by atoms with Crippen LogP contribution in [0.4, 0.5) is 4.39 Å². The maximum atomic E-state index is 13.0. The molecule has 1 saturated heterocycles. The first kappa shape index (κ1) is 17.1. The van der Waals surface area contributed by atoms with Crippen LogP contribution in [-0.4, -0.2) is 29.8 Å². The normalized spacial score (nSPS) is 17.0. The molecule has 0 saturated carbocycles. The Balaban J connectivity index is 1.51. The summed E-state index contributed by atoms with van der Waals surface area (Å²) >= 11 is 0. The van der Waals surface area contributed by atoms with Gasteiger partial charge in [0.15, 0.2) is 0 Å². The molecule has 4 nitrogen and oxygen atoms in total. The van der Waals surface area contributed by atoms with Crippen LogP contribution in [0.25, 0.3) is 0 Å². The molecule has 0 spiro atoms. The number of amides is 2. The van der Waals surface area contributed by atoms with Crippen LogP contribution in [0.15, 0.2) is 48.5 Å². The van der Waals surface area contributed by atoms with Crippen LogP contribution in [0.5, 0.6) is 0 Å². The number of nitrogens with one attached hydrogen (secondary N) is 1. The number of halogens is 1. The number of carbonyl (C=O) groups excluding carboxylic acids is 2. The third kappa shape index (κ3) is 4.44. The highest BCUT2D eigenvalue weighted by Gasteiger charge is 2.29. The van der Waals surface area contributed by atoms with Crippen LogP contribution in [0.1, 0.15) is 27.9 Å². The Morgan fingerprint density at radius 3 is 2.52 bits per heavy atom. The van der Waals surface area contributed by atoms with E-state index in [4.69, 9.17) is 0 Å². The molecule has 1 N–H and O–H groups in total. The molecule has 2 aromatic carbocycles. The van der Waals surface area contributed by atoms with Crippen LogP contribution in [0.3, 0.4) is 0 Å². The molecule has 1 heterocycles. The summed E-state index contributed by atoms with van der Waals surface area (Å²) in [7, 11) is 0. The second kappa shape index (κ2) is 7.47. The molecular formula is C20H21FN2O2. The summed E-state index contributed by atoms with van der Waals surface area (Å²) in [6.07, 6.45) is 0.426. The third-order valence-electron chi connectivity index (χ3n) is 4.45. The van der Waals surface area contributed by atoms with Crippen molar-refractivity contribution in [2.45, 2.75) is 19.9 Å². The van der Waals surface area contributed by atoms with E-state index in [-0.39, 0.29) is 23.5 Å². The van der Waals surface area contributed by atoms with Gasteiger partial charge in [-0.25, -0.2) is 4.39 Å². The van der Waals surface area contributed by atoms with Gasteiger partial charge in [0.25, 0.3) is 5.91 Å². The Morgan fingerprint density at radius 1 is 1.16 bits per heavy atom. The van der Waals surface area contributed by atoms with E-state index in [9.17, 15) is 14.0 Å². The summed E-state index contributed by atoms with van der Waals surface area (Å²) in [6, 6.07) is 13.6. The largest absolute Gasteiger partial charge is 0.352 e. The van der Waals surface area contributed by atoms with Gasteiger partial charge in [0.05, 0.1) is 0 Å². The lowest BCUT2D eigenvalue weighted by Crippen LogP contribution is -2.31. The predicted molar refractivity (Wildman–Crippen MR) is 93.4 cm³/mol. The van der Waals surface area contributed by atoms with Gasteiger partial charge in [-0.05, 0) is 36.8 Å². The topological polar surface area (TPSA) is 49.4 Å². The van der Waals surface area contributed by atoms with Gasteiger partial charge in [-0.1, -0.05) is 29.8 Å². The van der Waals surface area contributed by atoms with E-state index in [1.54, 1.807) is 29.2 Å². The quantitative estimate of drug-likeness (QED) is 0.910. The van der Waals surface area contributed by atoms with Crippen molar-refractivity contribution in [3.05, 3.63) is 71.0 Å². The van der Waals surface area contributed by atoms with Crippen LogP contribution in [0.2, 0.25) is 0 Å². The highest BCUT2D eigenvalue weighted by Crippen LogP contribution is 2.20. The molecule has 1 unspecified atom stereocenters. The van der Waals surface area contributed by atoms with Gasteiger partial charge in [0.2, 0.25) is 5.91 Å². The van der Waals surface area contributed by atoms with Gasteiger partial charge in [-0.2, -0.15) is 0 Å². The Labute approximate surface area is 146 Å². The summed E-state index contributed by atoms with van der Waals surface area (Å²) < 4.78 is 13.0. The van der Waals surface area contributed by atoms with E-state index in [1.165, 1.54) is 12.1 Å². The maximum absolute atomic E-state index is 13.0. The Hall–Kier alpha value is -2.69. The molecule has 0 aliphatic carbocycles. The minimum absolute atomic E-state index is 0.0684. The highest BCUT2D eigenvalue weighted by molar-refractivity contribution is 5.94. The average molecular weight is 340 g/mol. The molecule has 130 valence electrons. The van der Waals surface area contributed by atoms with Crippen molar-refractivity contribution in [3.63, 3.8) is 0 Å². The zero-order valence-electron chi connectivity index (χ0n) is 14.2. The first-order chi connectivity index (χ1) is 12.0. The van der Waals surface area contributed by atoms with Gasteiger partial charge in [-0.3, -0.25) is 9.59 Å². The smallest absolute Gasteiger partial charge is 0.251 e. The first-order valence-electron chi connectivity index (χ1n) is 8.38. The van der Waals surface area contributed by atoms with Crippen molar-refractivity contribution in [1.82, 2.24) is 10.2 Å². The molecule has 1 fully saturated rings. The summed E-state index contributed by atoms with van der Waals surface area (Å²) in [4.78, 5) is 26.1. The number of hydrogen-bond acceptors (Lipinski definition) is 2. The number of benzene rings is 2. The molecule has 25 heavy (non-hydrogen) atoms. The molecule has 3 rings (SSSR count). The van der Waals surface area contributed by atoms with E-state index in [1.807, 2.05) is 19.1 Å². The molecule has 2 aromatic rings. The number of likely N-dealkylation sites (tertiary alicyclic amines) is 1. The van der Waals surface area contributed by atoms with Crippen molar-refractivity contribution in [2.24, 2.45) is 5.92 Å². The lowest BCUT2D eigenvalue weighted by molar-refractivity contribution is -0.128. The fraction of sp³-hybridized carbons (Fsp3) is 0.300. The predicted octanol–water partition coefficient (Wildman–Crippen LogP) is 2.91. The minimum atomic E-state index is -0.284. The van der Waals surface area contributed by atoms with Crippen molar-refractivity contribution in [3.8, 4) is 0 Å². The molecule has 1 aliphatic rings. The van der Waals surface area contributed by atoms with Gasteiger partial charge in [0.1, 0.15) is 5.82 Å². The molecule has 2 amide bonds. The van der Waals surface area contributed by atoms with Crippen molar-refractivity contribution < 1.29 is 14.0 Å². The maximum Gasteiger partial charge on any atom is 0.251 e. The fourth-order valence-corrected chi connectivity index (χ4v) is 3.00. The summed E-state index contributed by atoms with van der Waals surface area (Å²) in [5.41, 5.74) is 2.63. The molecular weight excluding hydrogens is 319 g/mol. The second-order valence-corrected chi connectivity index (χ2v) is 6.55. The van der Waals surface area contributed by atoms with E-state index < -0.39 is 0 Å². The molecule has 1 aliphatic heterocycles. The molecule has 0 radical (unpaired) electrons. The Kier molecular flexibility index (Phi) is 5.12. The van der Waals surface area contributed by atoms with Crippen LogP contribution >= 0.6 is 0 Å². The lowest BCUT2D eigenvalue weighted by atomic mass is 10.1. The minimum Gasteiger partial charge on any atom is -0.352 e. The number of nitrogens with zero attached hydrogens (tertiary/aromatic N) is 1. The monoisotopic (exact) mass is 340 g/mol. The zero-order chi connectivity index (χ0) is 17.8. The summed E-state index contributed by atoms with van der Waals surface area (Å²) in [6.45, 7) is 3.52.